The molecule has 2 aromatic carbocycles. The molecule has 7 nitrogen and oxygen atoms in total. The molecule has 1 atom stereocenters. The SMILES string of the molecule is Cc1cc([C@@H](C)Nc2ccccc2-c2n[nH][nH]2)c2oc(-c3ccccn3)c(C)c(=O)c2c1. The topological polar surface area (TPSA) is 99.6 Å². The van der Waals surface area contributed by atoms with Gasteiger partial charge in [-0.25, -0.2) is 5.21 Å². The van der Waals surface area contributed by atoms with E-state index in [0.717, 1.165) is 28.2 Å². The van der Waals surface area contributed by atoms with Crippen LogP contribution in [0.1, 0.15) is 29.7 Å². The Labute approximate surface area is 184 Å². The van der Waals surface area contributed by atoms with E-state index >= 15 is 0 Å². The summed E-state index contributed by atoms with van der Waals surface area (Å²) >= 11 is 0. The third-order valence-electron chi connectivity index (χ3n) is 5.65. The molecule has 0 aliphatic carbocycles. The maximum absolute atomic E-state index is 13.3. The molecule has 0 fully saturated rings. The van der Waals surface area contributed by atoms with E-state index in [4.69, 9.17) is 4.42 Å². The van der Waals surface area contributed by atoms with Crippen LogP contribution in [0.5, 0.6) is 0 Å². The largest absolute Gasteiger partial charge is 0.454 e. The van der Waals surface area contributed by atoms with Gasteiger partial charge in [0.05, 0.1) is 11.4 Å². The van der Waals surface area contributed by atoms with Crippen molar-refractivity contribution in [1.82, 2.24) is 20.4 Å². The lowest BCUT2D eigenvalue weighted by atomic mass is 9.99. The molecule has 0 saturated heterocycles. The molecule has 3 heterocycles. The zero-order valence-corrected chi connectivity index (χ0v) is 18.1. The first-order chi connectivity index (χ1) is 15.5. The van der Waals surface area contributed by atoms with E-state index < -0.39 is 0 Å². The number of anilines is 1. The van der Waals surface area contributed by atoms with Crippen molar-refractivity contribution >= 4 is 16.7 Å². The average Bonchev–Trinajstić information content (AvgIpc) is 2.77. The first kappa shape index (κ1) is 19.8. The molecule has 5 aromatic rings. The summed E-state index contributed by atoms with van der Waals surface area (Å²) in [6, 6.07) is 17.3. The fourth-order valence-corrected chi connectivity index (χ4v) is 4.00. The number of fused-ring (bicyclic) bond motifs is 1. The van der Waals surface area contributed by atoms with E-state index in [-0.39, 0.29) is 11.5 Å². The molecule has 160 valence electrons. The summed E-state index contributed by atoms with van der Waals surface area (Å²) < 4.78 is 6.37. The molecule has 0 aliphatic rings. The number of para-hydroxylation sites is 1. The number of nitrogens with zero attached hydrogens (tertiary/aromatic N) is 2. The summed E-state index contributed by atoms with van der Waals surface area (Å²) in [5.74, 6) is 1.27. The highest BCUT2D eigenvalue weighted by Crippen LogP contribution is 2.33. The first-order valence-corrected chi connectivity index (χ1v) is 10.5. The second-order valence-corrected chi connectivity index (χ2v) is 7.94. The fourth-order valence-electron chi connectivity index (χ4n) is 4.00. The van der Waals surface area contributed by atoms with Crippen molar-refractivity contribution in [3.63, 3.8) is 0 Å². The molecule has 3 aromatic heterocycles. The van der Waals surface area contributed by atoms with Gasteiger partial charge in [0.15, 0.2) is 17.0 Å². The van der Waals surface area contributed by atoms with E-state index in [1.54, 1.807) is 13.1 Å². The van der Waals surface area contributed by atoms with Gasteiger partial charge in [0.25, 0.3) is 0 Å². The van der Waals surface area contributed by atoms with Gasteiger partial charge in [-0.3, -0.25) is 14.9 Å². The van der Waals surface area contributed by atoms with Crippen molar-refractivity contribution < 1.29 is 4.42 Å². The Kier molecular flexibility index (Phi) is 4.86. The first-order valence-electron chi connectivity index (χ1n) is 10.5. The normalized spacial score (nSPS) is 12.2. The van der Waals surface area contributed by atoms with E-state index in [2.05, 4.69) is 38.7 Å². The summed E-state index contributed by atoms with van der Waals surface area (Å²) in [5, 5.41) is 14.0. The Morgan fingerprint density at radius 2 is 1.84 bits per heavy atom. The van der Waals surface area contributed by atoms with Crippen LogP contribution in [-0.4, -0.2) is 20.4 Å². The van der Waals surface area contributed by atoms with Gasteiger partial charge in [0.1, 0.15) is 11.3 Å². The second-order valence-electron chi connectivity index (χ2n) is 7.94. The highest BCUT2D eigenvalue weighted by Gasteiger charge is 2.20. The maximum Gasteiger partial charge on any atom is 0.196 e. The number of aryl methyl sites for hydroxylation is 1. The third-order valence-corrected chi connectivity index (χ3v) is 5.65. The molecule has 0 aliphatic heterocycles. The van der Waals surface area contributed by atoms with E-state index in [1.165, 1.54) is 0 Å². The van der Waals surface area contributed by atoms with Crippen molar-refractivity contribution in [3.8, 4) is 22.8 Å². The van der Waals surface area contributed by atoms with Crippen LogP contribution in [0, 0.1) is 13.8 Å². The lowest BCUT2D eigenvalue weighted by molar-refractivity contribution is 0.603. The number of nitrogens with one attached hydrogen (secondary N) is 3. The summed E-state index contributed by atoms with van der Waals surface area (Å²) in [6.45, 7) is 5.83. The van der Waals surface area contributed by atoms with Gasteiger partial charge in [-0.2, -0.15) is 0 Å². The fraction of sp³-hybridized carbons (Fsp3) is 0.160. The number of hydrogen-bond donors (Lipinski definition) is 3. The molecule has 0 radical (unpaired) electrons. The molecule has 0 spiro atoms. The lowest BCUT2D eigenvalue weighted by Crippen LogP contribution is -2.13. The summed E-state index contributed by atoms with van der Waals surface area (Å²) in [7, 11) is 0. The Morgan fingerprint density at radius 1 is 1.06 bits per heavy atom. The minimum absolute atomic E-state index is 0.0384. The van der Waals surface area contributed by atoms with Crippen molar-refractivity contribution in [1.29, 1.82) is 0 Å². The number of aromatic nitrogens is 4. The Bertz CT molecular complexity index is 1450. The molecule has 5 rings (SSSR count). The van der Waals surface area contributed by atoms with Crippen molar-refractivity contribution in [2.45, 2.75) is 26.8 Å². The van der Waals surface area contributed by atoms with Crippen LogP contribution >= 0.6 is 0 Å². The van der Waals surface area contributed by atoms with Crippen LogP contribution in [0.2, 0.25) is 0 Å². The van der Waals surface area contributed by atoms with E-state index in [0.29, 0.717) is 28.0 Å². The van der Waals surface area contributed by atoms with Crippen LogP contribution in [-0.2, 0) is 0 Å². The lowest BCUT2D eigenvalue weighted by Gasteiger charge is -2.20. The minimum Gasteiger partial charge on any atom is -0.454 e. The summed E-state index contributed by atoms with van der Waals surface area (Å²) in [4.78, 5) is 17.6. The number of H-pyrrole nitrogens is 2. The monoisotopic (exact) mass is 425 g/mol. The van der Waals surface area contributed by atoms with Gasteiger partial charge in [-0.15, -0.1) is 5.10 Å². The highest BCUT2D eigenvalue weighted by molar-refractivity contribution is 5.84. The van der Waals surface area contributed by atoms with E-state index in [1.807, 2.05) is 55.5 Å². The van der Waals surface area contributed by atoms with Gasteiger partial charge in [-0.05, 0) is 56.7 Å². The van der Waals surface area contributed by atoms with Crippen molar-refractivity contribution in [3.05, 3.63) is 87.7 Å². The molecule has 7 heteroatoms. The molecular formula is C25H23N5O2. The quantitative estimate of drug-likeness (QED) is 0.352. The Morgan fingerprint density at radius 3 is 2.56 bits per heavy atom. The standard InChI is InChI=1S/C25H23N5O2/c1-14-12-18(16(3)27-20-9-5-4-8-17(20)25-28-30-29-25)24-19(13-14)22(31)15(2)23(32-24)21-10-6-7-11-26-21/h4-13,16,27,30H,1-3H3,(H,28,29)/t16-/m1/s1. The number of rotatable bonds is 5. The summed E-state index contributed by atoms with van der Waals surface area (Å²) in [6.07, 6.45) is 1.70. The second kappa shape index (κ2) is 7.85. The van der Waals surface area contributed by atoms with Gasteiger partial charge in [-0.1, -0.05) is 24.3 Å². The van der Waals surface area contributed by atoms with E-state index in [9.17, 15) is 4.79 Å². The van der Waals surface area contributed by atoms with Crippen LogP contribution in [0.15, 0.2) is 70.0 Å². The predicted octanol–water partition coefficient (Wildman–Crippen LogP) is 5.36. The zero-order chi connectivity index (χ0) is 22.2. The zero-order valence-electron chi connectivity index (χ0n) is 18.1. The molecule has 0 unspecified atom stereocenters. The molecule has 32 heavy (non-hydrogen) atoms. The highest BCUT2D eigenvalue weighted by atomic mass is 16.3. The smallest absolute Gasteiger partial charge is 0.196 e. The van der Waals surface area contributed by atoms with Gasteiger partial charge in [0, 0.05) is 28.6 Å². The molecule has 0 saturated carbocycles. The minimum atomic E-state index is -0.130. The van der Waals surface area contributed by atoms with Crippen molar-refractivity contribution in [2.24, 2.45) is 0 Å². The van der Waals surface area contributed by atoms with Crippen LogP contribution < -0.4 is 10.7 Å². The number of pyridine rings is 1. The maximum atomic E-state index is 13.3. The average molecular weight is 425 g/mol. The molecular weight excluding hydrogens is 402 g/mol. The predicted molar refractivity (Wildman–Crippen MR) is 126 cm³/mol. The Hall–Kier alpha value is -4.13. The van der Waals surface area contributed by atoms with Gasteiger partial charge >= 0.3 is 0 Å². The van der Waals surface area contributed by atoms with Crippen LogP contribution in [0.3, 0.4) is 0 Å². The molecule has 3 N–H and O–H groups in total. The number of hydrogen-bond acceptors (Lipinski definition) is 5. The van der Waals surface area contributed by atoms with Gasteiger partial charge in [0.2, 0.25) is 0 Å². The van der Waals surface area contributed by atoms with Crippen molar-refractivity contribution in [2.75, 3.05) is 5.32 Å². The molecule has 0 bridgehead atoms. The van der Waals surface area contributed by atoms with Crippen LogP contribution in [0.25, 0.3) is 33.8 Å². The van der Waals surface area contributed by atoms with Gasteiger partial charge < -0.3 is 9.73 Å². The van der Waals surface area contributed by atoms with Crippen LogP contribution in [0.4, 0.5) is 5.69 Å². The molecule has 0 amide bonds. The third kappa shape index (κ3) is 3.37. The Balaban J connectivity index is 1.65. The number of aromatic amines is 2. The number of benzene rings is 2. The summed E-state index contributed by atoms with van der Waals surface area (Å²) in [5.41, 5.74) is 5.53.